The lowest BCUT2D eigenvalue weighted by Crippen LogP contribution is -2.15. The number of rotatable bonds is 3. The van der Waals surface area contributed by atoms with E-state index in [2.05, 4.69) is 15.6 Å². The number of benzene rings is 2. The van der Waals surface area contributed by atoms with Gasteiger partial charge in [-0.05, 0) is 55.8 Å². The fraction of sp³-hybridized carbons (Fsp3) is 0.150. The van der Waals surface area contributed by atoms with Crippen LogP contribution in [0, 0.1) is 19.7 Å². The lowest BCUT2D eigenvalue weighted by Gasteiger charge is -2.13. The highest BCUT2D eigenvalue weighted by Crippen LogP contribution is 2.24. The van der Waals surface area contributed by atoms with E-state index in [0.717, 1.165) is 5.56 Å². The second-order valence-electron chi connectivity index (χ2n) is 6.14. The molecule has 0 aliphatic heterocycles. The average molecular weight is 351 g/mol. The van der Waals surface area contributed by atoms with Gasteiger partial charge in [-0.3, -0.25) is 14.6 Å². The quantitative estimate of drug-likeness (QED) is 0.743. The van der Waals surface area contributed by atoms with Crippen molar-refractivity contribution < 1.29 is 14.0 Å². The van der Waals surface area contributed by atoms with Crippen LogP contribution in [-0.4, -0.2) is 16.8 Å². The molecule has 0 saturated heterocycles. The molecule has 2 aromatic carbocycles. The summed E-state index contributed by atoms with van der Waals surface area (Å²) in [6, 6.07) is 11.0. The van der Waals surface area contributed by atoms with Gasteiger partial charge in [0, 0.05) is 29.4 Å². The van der Waals surface area contributed by atoms with Crippen LogP contribution in [0.3, 0.4) is 0 Å². The third-order valence-electron chi connectivity index (χ3n) is 3.95. The summed E-state index contributed by atoms with van der Waals surface area (Å²) in [4.78, 5) is 28.4. The monoisotopic (exact) mass is 351 g/mol. The van der Waals surface area contributed by atoms with E-state index in [4.69, 9.17) is 0 Å². The first-order valence-corrected chi connectivity index (χ1v) is 8.10. The van der Waals surface area contributed by atoms with E-state index < -0.39 is 5.82 Å². The Morgan fingerprint density at radius 2 is 1.77 bits per heavy atom. The summed E-state index contributed by atoms with van der Waals surface area (Å²) in [5.41, 5.74) is 3.56. The normalized spacial score (nSPS) is 10.6. The number of aromatic nitrogens is 1. The molecule has 0 spiro atoms. The molecule has 5 nitrogen and oxygen atoms in total. The lowest BCUT2D eigenvalue weighted by molar-refractivity contribution is -0.114. The Kier molecular flexibility index (Phi) is 4.67. The molecular formula is C20H18FN3O2. The minimum absolute atomic E-state index is 0.197. The highest BCUT2D eigenvalue weighted by molar-refractivity contribution is 6.12. The summed E-state index contributed by atoms with van der Waals surface area (Å²) in [5.74, 6) is -0.993. The summed E-state index contributed by atoms with van der Waals surface area (Å²) < 4.78 is 13.6. The van der Waals surface area contributed by atoms with Crippen molar-refractivity contribution in [2.75, 3.05) is 10.6 Å². The second kappa shape index (κ2) is 6.92. The summed E-state index contributed by atoms with van der Waals surface area (Å²) in [6.07, 6.45) is 0. The van der Waals surface area contributed by atoms with E-state index in [1.54, 1.807) is 37.3 Å². The first-order chi connectivity index (χ1) is 12.3. The molecule has 0 unspecified atom stereocenters. The third kappa shape index (κ3) is 3.69. The number of hydrogen-bond acceptors (Lipinski definition) is 3. The van der Waals surface area contributed by atoms with Gasteiger partial charge in [0.1, 0.15) is 5.82 Å². The number of nitrogens with zero attached hydrogens (tertiary/aromatic N) is 1. The summed E-state index contributed by atoms with van der Waals surface area (Å²) >= 11 is 0. The SMILES string of the molecule is CC(=O)Nc1ccc(C)c(NC(=O)c2cc(C)nc3ccc(F)cc23)c1. The van der Waals surface area contributed by atoms with E-state index >= 15 is 0 Å². The molecule has 2 N–H and O–H groups in total. The van der Waals surface area contributed by atoms with Gasteiger partial charge < -0.3 is 10.6 Å². The molecular weight excluding hydrogens is 333 g/mol. The van der Waals surface area contributed by atoms with Crippen LogP contribution in [0.25, 0.3) is 10.9 Å². The molecule has 6 heteroatoms. The van der Waals surface area contributed by atoms with Crippen LogP contribution < -0.4 is 10.6 Å². The number of carbonyl (C=O) groups is 2. The van der Waals surface area contributed by atoms with E-state index in [1.807, 2.05) is 6.92 Å². The maximum absolute atomic E-state index is 13.6. The number of nitrogens with one attached hydrogen (secondary N) is 2. The van der Waals surface area contributed by atoms with Crippen LogP contribution in [-0.2, 0) is 4.79 Å². The van der Waals surface area contributed by atoms with Crippen molar-refractivity contribution in [1.29, 1.82) is 0 Å². The average Bonchev–Trinajstić information content (AvgIpc) is 2.57. The molecule has 1 heterocycles. The molecule has 2 amide bonds. The Bertz CT molecular complexity index is 1030. The summed E-state index contributed by atoms with van der Waals surface area (Å²) in [7, 11) is 0. The van der Waals surface area contributed by atoms with Crippen LogP contribution in [0.1, 0.15) is 28.5 Å². The molecule has 3 aromatic rings. The predicted octanol–water partition coefficient (Wildman–Crippen LogP) is 4.20. The first kappa shape index (κ1) is 17.5. The Labute approximate surface area is 150 Å². The fourth-order valence-electron chi connectivity index (χ4n) is 2.75. The van der Waals surface area contributed by atoms with Gasteiger partial charge in [-0.15, -0.1) is 0 Å². The molecule has 0 fully saturated rings. The van der Waals surface area contributed by atoms with E-state index in [-0.39, 0.29) is 11.8 Å². The van der Waals surface area contributed by atoms with Crippen LogP contribution in [0.4, 0.5) is 15.8 Å². The van der Waals surface area contributed by atoms with E-state index in [9.17, 15) is 14.0 Å². The van der Waals surface area contributed by atoms with Crippen molar-refractivity contribution in [3.05, 3.63) is 65.1 Å². The molecule has 0 aliphatic carbocycles. The number of anilines is 2. The summed E-state index contributed by atoms with van der Waals surface area (Å²) in [6.45, 7) is 5.05. The molecule has 26 heavy (non-hydrogen) atoms. The van der Waals surface area contributed by atoms with Crippen LogP contribution >= 0.6 is 0 Å². The second-order valence-corrected chi connectivity index (χ2v) is 6.14. The minimum Gasteiger partial charge on any atom is -0.326 e. The maximum Gasteiger partial charge on any atom is 0.256 e. The fourth-order valence-corrected chi connectivity index (χ4v) is 2.75. The van der Waals surface area contributed by atoms with Crippen LogP contribution in [0.15, 0.2) is 42.5 Å². The number of fused-ring (bicyclic) bond motifs is 1. The minimum atomic E-state index is -0.430. The molecule has 0 bridgehead atoms. The van der Waals surface area contributed by atoms with Crippen LogP contribution in [0.5, 0.6) is 0 Å². The number of hydrogen-bond donors (Lipinski definition) is 2. The van der Waals surface area contributed by atoms with Crippen molar-refractivity contribution in [1.82, 2.24) is 4.98 Å². The number of pyridine rings is 1. The third-order valence-corrected chi connectivity index (χ3v) is 3.95. The van der Waals surface area contributed by atoms with Gasteiger partial charge in [0.2, 0.25) is 5.91 Å². The molecule has 1 aromatic heterocycles. The zero-order valence-corrected chi connectivity index (χ0v) is 14.7. The zero-order valence-electron chi connectivity index (χ0n) is 14.7. The molecule has 0 aliphatic rings. The van der Waals surface area contributed by atoms with E-state index in [1.165, 1.54) is 19.1 Å². The Morgan fingerprint density at radius 3 is 2.50 bits per heavy atom. The van der Waals surface area contributed by atoms with Gasteiger partial charge in [0.25, 0.3) is 5.91 Å². The topological polar surface area (TPSA) is 71.1 Å². The Morgan fingerprint density at radius 1 is 1.00 bits per heavy atom. The molecule has 132 valence electrons. The molecule has 3 rings (SSSR count). The standard InChI is InChI=1S/C20H18FN3O2/c1-11-4-6-15(23-13(3)25)10-19(11)24-20(26)17-8-12(2)22-18-7-5-14(21)9-16(17)18/h4-10H,1-3H3,(H,23,25)(H,24,26). The van der Waals surface area contributed by atoms with Gasteiger partial charge >= 0.3 is 0 Å². The molecule has 0 atom stereocenters. The van der Waals surface area contributed by atoms with Gasteiger partial charge in [0.05, 0.1) is 11.1 Å². The van der Waals surface area contributed by atoms with Gasteiger partial charge in [-0.2, -0.15) is 0 Å². The first-order valence-electron chi connectivity index (χ1n) is 8.10. The number of amides is 2. The number of aryl methyl sites for hydroxylation is 2. The Balaban J connectivity index is 2.00. The molecule has 0 saturated carbocycles. The maximum atomic E-state index is 13.6. The number of carbonyl (C=O) groups excluding carboxylic acids is 2. The van der Waals surface area contributed by atoms with Gasteiger partial charge in [-0.1, -0.05) is 6.07 Å². The Hall–Kier alpha value is -3.28. The molecule has 0 radical (unpaired) electrons. The van der Waals surface area contributed by atoms with Gasteiger partial charge in [-0.25, -0.2) is 4.39 Å². The summed E-state index contributed by atoms with van der Waals surface area (Å²) in [5, 5.41) is 5.97. The lowest BCUT2D eigenvalue weighted by atomic mass is 10.1. The zero-order chi connectivity index (χ0) is 18.8. The van der Waals surface area contributed by atoms with Crippen LogP contribution in [0.2, 0.25) is 0 Å². The van der Waals surface area contributed by atoms with Crippen molar-refractivity contribution in [3.63, 3.8) is 0 Å². The predicted molar refractivity (Wildman–Crippen MR) is 99.9 cm³/mol. The highest BCUT2D eigenvalue weighted by Gasteiger charge is 2.14. The largest absolute Gasteiger partial charge is 0.326 e. The smallest absolute Gasteiger partial charge is 0.256 e. The van der Waals surface area contributed by atoms with E-state index in [0.29, 0.717) is 33.5 Å². The highest BCUT2D eigenvalue weighted by atomic mass is 19.1. The van der Waals surface area contributed by atoms with Crippen molar-refractivity contribution >= 4 is 34.1 Å². The van der Waals surface area contributed by atoms with Crippen molar-refractivity contribution in [2.45, 2.75) is 20.8 Å². The van der Waals surface area contributed by atoms with Crippen molar-refractivity contribution in [3.8, 4) is 0 Å². The van der Waals surface area contributed by atoms with Gasteiger partial charge in [0.15, 0.2) is 0 Å². The van der Waals surface area contributed by atoms with Crippen molar-refractivity contribution in [2.24, 2.45) is 0 Å². The number of halogens is 1.